The summed E-state index contributed by atoms with van der Waals surface area (Å²) in [5.74, 6) is -1.70. The molecule has 0 spiro atoms. The van der Waals surface area contributed by atoms with E-state index >= 15 is 0 Å². The highest BCUT2D eigenvalue weighted by Gasteiger charge is 2.47. The van der Waals surface area contributed by atoms with Crippen LogP contribution in [0.5, 0.6) is 11.5 Å². The largest absolute Gasteiger partial charge is 0.507 e. The van der Waals surface area contributed by atoms with Gasteiger partial charge in [0.25, 0.3) is 11.7 Å². The molecule has 1 heterocycles. The van der Waals surface area contributed by atoms with E-state index in [9.17, 15) is 19.1 Å². The number of hydrogen-bond donors (Lipinski definition) is 1. The molecule has 1 amide bonds. The minimum Gasteiger partial charge on any atom is -0.507 e. The maximum Gasteiger partial charge on any atom is 0.300 e. The molecule has 0 bridgehead atoms. The molecule has 3 aromatic rings. The predicted molar refractivity (Wildman–Crippen MR) is 127 cm³/mol. The van der Waals surface area contributed by atoms with Crippen molar-refractivity contribution in [3.63, 3.8) is 0 Å². The Morgan fingerprint density at radius 2 is 1.56 bits per heavy atom. The van der Waals surface area contributed by atoms with Crippen LogP contribution in [0.2, 0.25) is 0 Å². The third-order valence-electron chi connectivity index (χ3n) is 5.78. The fourth-order valence-electron chi connectivity index (χ4n) is 4.29. The van der Waals surface area contributed by atoms with Crippen LogP contribution in [0.15, 0.2) is 66.2 Å². The molecule has 0 saturated carbocycles. The number of aliphatic hydroxyl groups is 1. The van der Waals surface area contributed by atoms with Gasteiger partial charge in [-0.15, -0.1) is 0 Å². The quantitative estimate of drug-likeness (QED) is 0.326. The van der Waals surface area contributed by atoms with E-state index in [4.69, 9.17) is 9.47 Å². The lowest BCUT2D eigenvalue weighted by Crippen LogP contribution is -2.29. The molecule has 174 valence electrons. The number of benzene rings is 3. The number of carbonyl (C=O) groups excluding carboxylic acids is 2. The Bertz CT molecular complexity index is 1290. The van der Waals surface area contributed by atoms with Crippen LogP contribution in [0.25, 0.3) is 5.76 Å². The van der Waals surface area contributed by atoms with Crippen LogP contribution in [-0.4, -0.2) is 31.0 Å². The van der Waals surface area contributed by atoms with Gasteiger partial charge in [-0.3, -0.25) is 14.5 Å². The number of amides is 1. The third kappa shape index (κ3) is 4.01. The van der Waals surface area contributed by atoms with E-state index in [0.717, 1.165) is 11.1 Å². The van der Waals surface area contributed by atoms with Crippen molar-refractivity contribution in [1.82, 2.24) is 0 Å². The number of Topliss-reactive ketones (excluding diaryl/α,β-unsaturated/α-hetero) is 1. The van der Waals surface area contributed by atoms with Crippen molar-refractivity contribution in [3.05, 3.63) is 94.3 Å². The fourth-order valence-corrected chi connectivity index (χ4v) is 4.29. The molecule has 7 heteroatoms. The first-order valence-corrected chi connectivity index (χ1v) is 10.6. The van der Waals surface area contributed by atoms with E-state index in [1.165, 1.54) is 43.4 Å². The standard InChI is InChI=1S/C27H24FNO5/c1-15-11-16(2)13-19(12-15)29-24(17-5-7-18(28)8-6-17)23(26(31)27(29)32)25(30)21-10-9-20(33-3)14-22(21)34-4/h5-14,24,30H,1-4H3/b25-23-. The number of halogens is 1. The van der Waals surface area contributed by atoms with Gasteiger partial charge in [-0.25, -0.2) is 4.39 Å². The van der Waals surface area contributed by atoms with Gasteiger partial charge in [-0.2, -0.15) is 0 Å². The number of nitrogens with zero attached hydrogens (tertiary/aromatic N) is 1. The average molecular weight is 461 g/mol. The Balaban J connectivity index is 1.98. The lowest BCUT2D eigenvalue weighted by Gasteiger charge is -2.26. The topological polar surface area (TPSA) is 76.1 Å². The molecular formula is C27H24FNO5. The highest BCUT2D eigenvalue weighted by atomic mass is 19.1. The first kappa shape index (κ1) is 23.0. The van der Waals surface area contributed by atoms with E-state index in [1.807, 2.05) is 19.9 Å². The molecule has 34 heavy (non-hydrogen) atoms. The van der Waals surface area contributed by atoms with Crippen LogP contribution in [0.3, 0.4) is 0 Å². The SMILES string of the molecule is COc1ccc(/C(O)=C2/C(=O)C(=O)N(c3cc(C)cc(C)c3)C2c2ccc(F)cc2)c(OC)c1. The van der Waals surface area contributed by atoms with Crippen molar-refractivity contribution >= 4 is 23.1 Å². The van der Waals surface area contributed by atoms with Crippen molar-refractivity contribution < 1.29 is 28.6 Å². The van der Waals surface area contributed by atoms with Gasteiger partial charge in [0, 0.05) is 11.8 Å². The van der Waals surface area contributed by atoms with Gasteiger partial charge in [0.05, 0.1) is 31.4 Å². The summed E-state index contributed by atoms with van der Waals surface area (Å²) in [5.41, 5.74) is 2.93. The first-order valence-electron chi connectivity index (χ1n) is 10.6. The van der Waals surface area contributed by atoms with E-state index < -0.39 is 23.5 Å². The van der Waals surface area contributed by atoms with Gasteiger partial charge >= 0.3 is 0 Å². The smallest absolute Gasteiger partial charge is 0.300 e. The zero-order valence-electron chi connectivity index (χ0n) is 19.3. The Kier molecular flexibility index (Phi) is 6.11. The molecule has 1 fully saturated rings. The van der Waals surface area contributed by atoms with Crippen LogP contribution in [0.4, 0.5) is 10.1 Å². The third-order valence-corrected chi connectivity index (χ3v) is 5.78. The molecular weight excluding hydrogens is 437 g/mol. The zero-order valence-corrected chi connectivity index (χ0v) is 19.3. The molecule has 1 aliphatic heterocycles. The molecule has 4 rings (SSSR count). The summed E-state index contributed by atoms with van der Waals surface area (Å²) in [5, 5.41) is 11.3. The molecule has 0 aromatic heterocycles. The van der Waals surface area contributed by atoms with E-state index in [2.05, 4.69) is 0 Å². The van der Waals surface area contributed by atoms with Gasteiger partial charge in [0.1, 0.15) is 23.1 Å². The Hall–Kier alpha value is -4.13. The molecule has 3 aromatic carbocycles. The molecule has 0 aliphatic carbocycles. The molecule has 1 aliphatic rings. The van der Waals surface area contributed by atoms with Crippen molar-refractivity contribution in [1.29, 1.82) is 0 Å². The molecule has 1 N–H and O–H groups in total. The monoisotopic (exact) mass is 461 g/mol. The number of methoxy groups -OCH3 is 2. The summed E-state index contributed by atoms with van der Waals surface area (Å²) >= 11 is 0. The summed E-state index contributed by atoms with van der Waals surface area (Å²) in [6.07, 6.45) is 0. The Morgan fingerprint density at radius 1 is 0.912 bits per heavy atom. The lowest BCUT2D eigenvalue weighted by atomic mass is 9.94. The van der Waals surface area contributed by atoms with Gasteiger partial charge in [0.2, 0.25) is 0 Å². The lowest BCUT2D eigenvalue weighted by molar-refractivity contribution is -0.132. The zero-order chi connectivity index (χ0) is 24.6. The number of ether oxygens (including phenoxy) is 2. The number of hydrogen-bond acceptors (Lipinski definition) is 5. The van der Waals surface area contributed by atoms with E-state index in [-0.39, 0.29) is 22.6 Å². The van der Waals surface area contributed by atoms with Gasteiger partial charge in [-0.1, -0.05) is 18.2 Å². The summed E-state index contributed by atoms with van der Waals surface area (Å²) in [7, 11) is 2.93. The fraction of sp³-hybridized carbons (Fsp3) is 0.185. The van der Waals surface area contributed by atoms with Crippen LogP contribution in [-0.2, 0) is 9.59 Å². The van der Waals surface area contributed by atoms with Crippen LogP contribution >= 0.6 is 0 Å². The summed E-state index contributed by atoms with van der Waals surface area (Å²) in [6, 6.07) is 14.8. The van der Waals surface area contributed by atoms with Crippen LogP contribution in [0.1, 0.15) is 28.3 Å². The number of carbonyl (C=O) groups is 2. The second kappa shape index (κ2) is 9.02. The Morgan fingerprint density at radius 3 is 2.15 bits per heavy atom. The highest BCUT2D eigenvalue weighted by molar-refractivity contribution is 6.51. The maximum atomic E-state index is 13.7. The number of rotatable bonds is 5. The Labute approximate surface area is 196 Å². The predicted octanol–water partition coefficient (Wildman–Crippen LogP) is 5.09. The number of ketones is 1. The van der Waals surface area contributed by atoms with Crippen molar-refractivity contribution in [3.8, 4) is 11.5 Å². The minimum atomic E-state index is -0.964. The summed E-state index contributed by atoms with van der Waals surface area (Å²) < 4.78 is 24.3. The van der Waals surface area contributed by atoms with Crippen molar-refractivity contribution in [2.24, 2.45) is 0 Å². The number of anilines is 1. The van der Waals surface area contributed by atoms with Crippen LogP contribution < -0.4 is 14.4 Å². The number of aliphatic hydroxyl groups excluding tert-OH is 1. The summed E-state index contributed by atoms with van der Waals surface area (Å²) in [4.78, 5) is 27.9. The molecule has 1 unspecified atom stereocenters. The number of aryl methyl sites for hydroxylation is 2. The molecule has 1 atom stereocenters. The van der Waals surface area contributed by atoms with Crippen LogP contribution in [0, 0.1) is 19.7 Å². The maximum absolute atomic E-state index is 13.7. The normalized spacial score (nSPS) is 17.2. The molecule has 1 saturated heterocycles. The second-order valence-corrected chi connectivity index (χ2v) is 8.13. The van der Waals surface area contributed by atoms with Gasteiger partial charge in [0.15, 0.2) is 0 Å². The van der Waals surface area contributed by atoms with E-state index in [1.54, 1.807) is 30.3 Å². The van der Waals surface area contributed by atoms with E-state index in [0.29, 0.717) is 17.0 Å². The van der Waals surface area contributed by atoms with Crippen molar-refractivity contribution in [2.45, 2.75) is 19.9 Å². The first-order chi connectivity index (χ1) is 16.2. The van der Waals surface area contributed by atoms with Gasteiger partial charge in [-0.05, 0) is 66.9 Å². The van der Waals surface area contributed by atoms with Gasteiger partial charge < -0.3 is 14.6 Å². The molecule has 0 radical (unpaired) electrons. The molecule has 6 nitrogen and oxygen atoms in total. The second-order valence-electron chi connectivity index (χ2n) is 8.13. The average Bonchev–Trinajstić information content (AvgIpc) is 3.08. The van der Waals surface area contributed by atoms with Crippen molar-refractivity contribution in [2.75, 3.05) is 19.1 Å². The summed E-state index contributed by atoms with van der Waals surface area (Å²) in [6.45, 7) is 3.78. The highest BCUT2D eigenvalue weighted by Crippen LogP contribution is 2.44. The minimum absolute atomic E-state index is 0.112.